The molecule has 0 saturated heterocycles. The van der Waals surface area contributed by atoms with E-state index in [4.69, 9.17) is 17.3 Å². The number of nitrogens with two attached hydrogens (primary N) is 1. The van der Waals surface area contributed by atoms with E-state index in [1.54, 1.807) is 6.20 Å². The van der Waals surface area contributed by atoms with Gasteiger partial charge in [-0.2, -0.15) is 5.10 Å². The average Bonchev–Trinajstić information content (AvgIpc) is 2.41. The van der Waals surface area contributed by atoms with Gasteiger partial charge in [0, 0.05) is 18.6 Å². The van der Waals surface area contributed by atoms with Gasteiger partial charge in [0.05, 0.1) is 11.9 Å². The van der Waals surface area contributed by atoms with E-state index in [0.29, 0.717) is 12.2 Å². The predicted molar refractivity (Wildman–Crippen MR) is 77.7 cm³/mol. The Morgan fingerprint density at radius 1 is 1.53 bits per heavy atom. The van der Waals surface area contributed by atoms with E-state index in [9.17, 15) is 4.79 Å². The fraction of sp³-hybridized carbons (Fsp3) is 0.692. The van der Waals surface area contributed by atoms with Crippen LogP contribution in [0.5, 0.6) is 0 Å². The third-order valence-electron chi connectivity index (χ3n) is 3.58. The number of nitrogens with one attached hydrogen (secondary N) is 1. The number of aromatic nitrogens is 2. The van der Waals surface area contributed by atoms with Crippen molar-refractivity contribution in [3.63, 3.8) is 0 Å². The van der Waals surface area contributed by atoms with Crippen molar-refractivity contribution < 1.29 is 0 Å². The number of nitrogens with zero attached hydrogens (tertiary/aromatic N) is 2. The van der Waals surface area contributed by atoms with E-state index in [1.165, 1.54) is 11.1 Å². The molecule has 0 bridgehead atoms. The van der Waals surface area contributed by atoms with E-state index in [2.05, 4.69) is 10.4 Å². The summed E-state index contributed by atoms with van der Waals surface area (Å²) < 4.78 is 1.40. The first-order valence-corrected chi connectivity index (χ1v) is 7.29. The maximum atomic E-state index is 12.0. The van der Waals surface area contributed by atoms with Gasteiger partial charge in [-0.25, -0.2) is 4.68 Å². The molecule has 2 unspecified atom stereocenters. The molecule has 0 amide bonds. The normalized spacial score (nSPS) is 23.3. The Morgan fingerprint density at radius 2 is 2.26 bits per heavy atom. The third kappa shape index (κ3) is 3.28. The summed E-state index contributed by atoms with van der Waals surface area (Å²) in [5.74, 6) is 0. The number of hydrogen-bond acceptors (Lipinski definition) is 4. The third-order valence-corrected chi connectivity index (χ3v) is 3.95. The number of rotatable bonds is 4. The molecule has 0 spiro atoms. The van der Waals surface area contributed by atoms with Crippen LogP contribution in [0.2, 0.25) is 5.02 Å². The predicted octanol–water partition coefficient (Wildman–Crippen LogP) is 1.99. The largest absolute Gasteiger partial charge is 0.378 e. The molecule has 2 atom stereocenters. The molecule has 1 aliphatic carbocycles. The van der Waals surface area contributed by atoms with Crippen LogP contribution in [-0.2, 0) is 6.54 Å². The Kier molecular flexibility index (Phi) is 4.82. The summed E-state index contributed by atoms with van der Waals surface area (Å²) in [5.41, 5.74) is 6.44. The Morgan fingerprint density at radius 3 is 2.95 bits per heavy atom. The lowest BCUT2D eigenvalue weighted by Crippen LogP contribution is -2.43. The molecule has 6 heteroatoms. The van der Waals surface area contributed by atoms with Crippen LogP contribution in [0.4, 0.5) is 5.69 Å². The molecule has 0 radical (unpaired) electrons. The molecule has 3 N–H and O–H groups in total. The van der Waals surface area contributed by atoms with Gasteiger partial charge in [0.15, 0.2) is 0 Å². The van der Waals surface area contributed by atoms with Crippen molar-refractivity contribution in [3.05, 3.63) is 21.6 Å². The van der Waals surface area contributed by atoms with Crippen LogP contribution in [0, 0.1) is 0 Å². The number of halogens is 1. The van der Waals surface area contributed by atoms with Crippen molar-refractivity contribution >= 4 is 17.3 Å². The summed E-state index contributed by atoms with van der Waals surface area (Å²) in [6.07, 6.45) is 6.82. The smallest absolute Gasteiger partial charge is 0.287 e. The Labute approximate surface area is 118 Å². The van der Waals surface area contributed by atoms with Crippen molar-refractivity contribution in [1.82, 2.24) is 9.78 Å². The first-order chi connectivity index (χ1) is 9.13. The summed E-state index contributed by atoms with van der Waals surface area (Å²) in [5, 5.41) is 7.62. The zero-order chi connectivity index (χ0) is 13.8. The van der Waals surface area contributed by atoms with E-state index >= 15 is 0 Å². The minimum absolute atomic E-state index is 0.114. The molecule has 1 fully saturated rings. The molecule has 1 aliphatic rings. The first kappa shape index (κ1) is 14.3. The minimum atomic E-state index is -0.238. The molecular weight excluding hydrogens is 264 g/mol. The highest BCUT2D eigenvalue weighted by atomic mass is 35.5. The molecule has 1 heterocycles. The van der Waals surface area contributed by atoms with E-state index in [1.807, 2.05) is 6.92 Å². The summed E-state index contributed by atoms with van der Waals surface area (Å²) >= 11 is 6.12. The fourth-order valence-electron chi connectivity index (χ4n) is 2.48. The molecule has 0 aromatic carbocycles. The van der Waals surface area contributed by atoms with Crippen LogP contribution < -0.4 is 16.6 Å². The highest BCUT2D eigenvalue weighted by Gasteiger charge is 2.23. The minimum Gasteiger partial charge on any atom is -0.378 e. The van der Waals surface area contributed by atoms with Gasteiger partial charge in [-0.15, -0.1) is 0 Å². The van der Waals surface area contributed by atoms with Gasteiger partial charge in [-0.05, 0) is 19.3 Å². The molecule has 0 aliphatic heterocycles. The van der Waals surface area contributed by atoms with Gasteiger partial charge in [-0.3, -0.25) is 4.79 Å². The van der Waals surface area contributed by atoms with Crippen molar-refractivity contribution in [2.45, 2.75) is 57.7 Å². The summed E-state index contributed by atoms with van der Waals surface area (Å²) in [6, 6.07) is 0.289. The van der Waals surface area contributed by atoms with Crippen LogP contribution in [0.1, 0.15) is 39.0 Å². The zero-order valence-corrected chi connectivity index (χ0v) is 12.0. The molecule has 19 heavy (non-hydrogen) atoms. The number of hydrogen-bond donors (Lipinski definition) is 2. The highest BCUT2D eigenvalue weighted by Crippen LogP contribution is 2.23. The maximum absolute atomic E-state index is 12.0. The first-order valence-electron chi connectivity index (χ1n) is 6.91. The van der Waals surface area contributed by atoms with E-state index in [-0.39, 0.29) is 22.7 Å². The molecule has 1 saturated carbocycles. The van der Waals surface area contributed by atoms with Crippen molar-refractivity contribution in [1.29, 1.82) is 0 Å². The lowest BCUT2D eigenvalue weighted by Gasteiger charge is -2.30. The SMILES string of the molecule is CCCn1ncc(NC2CCCCC2N)c(Cl)c1=O. The highest BCUT2D eigenvalue weighted by molar-refractivity contribution is 6.32. The topological polar surface area (TPSA) is 72.9 Å². The molecule has 5 nitrogen and oxygen atoms in total. The van der Waals surface area contributed by atoms with Gasteiger partial charge >= 0.3 is 0 Å². The molecular formula is C13H21ClN4O. The molecule has 1 aromatic heterocycles. The molecule has 106 valence electrons. The Balaban J connectivity index is 2.16. The lowest BCUT2D eigenvalue weighted by atomic mass is 9.91. The van der Waals surface area contributed by atoms with Gasteiger partial charge in [0.25, 0.3) is 5.56 Å². The summed E-state index contributed by atoms with van der Waals surface area (Å²) in [7, 11) is 0. The Bertz CT molecular complexity index is 488. The number of aryl methyl sites for hydroxylation is 1. The molecule has 2 rings (SSSR count). The summed E-state index contributed by atoms with van der Waals surface area (Å²) in [4.78, 5) is 12.0. The second-order valence-electron chi connectivity index (χ2n) is 5.10. The average molecular weight is 285 g/mol. The van der Waals surface area contributed by atoms with Crippen molar-refractivity contribution in [3.8, 4) is 0 Å². The van der Waals surface area contributed by atoms with Gasteiger partial charge in [0.2, 0.25) is 0 Å². The van der Waals surface area contributed by atoms with Gasteiger partial charge < -0.3 is 11.1 Å². The summed E-state index contributed by atoms with van der Waals surface area (Å²) in [6.45, 7) is 2.58. The zero-order valence-electron chi connectivity index (χ0n) is 11.2. The second-order valence-corrected chi connectivity index (χ2v) is 5.48. The van der Waals surface area contributed by atoms with Crippen molar-refractivity contribution in [2.24, 2.45) is 5.73 Å². The maximum Gasteiger partial charge on any atom is 0.287 e. The quantitative estimate of drug-likeness (QED) is 0.887. The van der Waals surface area contributed by atoms with Crippen molar-refractivity contribution in [2.75, 3.05) is 5.32 Å². The molecule has 1 aromatic rings. The van der Waals surface area contributed by atoms with Crippen LogP contribution in [0.25, 0.3) is 0 Å². The monoisotopic (exact) mass is 284 g/mol. The standard InChI is InChI=1S/C13H21ClN4O/c1-2-7-18-13(19)12(14)11(8-16-18)17-10-6-4-3-5-9(10)15/h8-10,17H,2-7,15H2,1H3. The van der Waals surface area contributed by atoms with Crippen LogP contribution in [0.15, 0.2) is 11.0 Å². The second kappa shape index (κ2) is 6.39. The van der Waals surface area contributed by atoms with E-state index in [0.717, 1.165) is 25.7 Å². The lowest BCUT2D eigenvalue weighted by molar-refractivity contribution is 0.403. The van der Waals surface area contributed by atoms with Crippen LogP contribution in [-0.4, -0.2) is 21.9 Å². The van der Waals surface area contributed by atoms with Crippen LogP contribution >= 0.6 is 11.6 Å². The number of anilines is 1. The van der Waals surface area contributed by atoms with Crippen LogP contribution in [0.3, 0.4) is 0 Å². The van der Waals surface area contributed by atoms with Gasteiger partial charge in [0.1, 0.15) is 5.02 Å². The van der Waals surface area contributed by atoms with Gasteiger partial charge in [-0.1, -0.05) is 31.4 Å². The Hall–Kier alpha value is -1.07. The van der Waals surface area contributed by atoms with E-state index < -0.39 is 0 Å². The fourth-order valence-corrected chi connectivity index (χ4v) is 2.68.